The SMILES string of the molecule is COC(=O)C(NC(=O)C(C)CN)c1ccc(Br)cc1. The first kappa shape index (κ1) is 15.7. The number of halogens is 1. The molecular weight excluding hydrogens is 312 g/mol. The Labute approximate surface area is 120 Å². The van der Waals surface area contributed by atoms with Gasteiger partial charge in [0.25, 0.3) is 0 Å². The summed E-state index contributed by atoms with van der Waals surface area (Å²) in [6, 6.07) is 6.27. The lowest BCUT2D eigenvalue weighted by Gasteiger charge is -2.19. The van der Waals surface area contributed by atoms with Gasteiger partial charge < -0.3 is 15.8 Å². The fourth-order valence-corrected chi connectivity index (χ4v) is 1.71. The summed E-state index contributed by atoms with van der Waals surface area (Å²) >= 11 is 3.31. The Hall–Kier alpha value is -1.40. The Bertz CT molecular complexity index is 448. The van der Waals surface area contributed by atoms with Crippen molar-refractivity contribution < 1.29 is 14.3 Å². The fourth-order valence-electron chi connectivity index (χ4n) is 1.44. The van der Waals surface area contributed by atoms with Crippen LogP contribution in [0.1, 0.15) is 18.5 Å². The van der Waals surface area contributed by atoms with E-state index in [-0.39, 0.29) is 18.4 Å². The normalized spacial score (nSPS) is 13.5. The summed E-state index contributed by atoms with van der Waals surface area (Å²) < 4.78 is 5.60. The third-order valence-corrected chi connectivity index (χ3v) is 3.26. The van der Waals surface area contributed by atoms with Gasteiger partial charge in [0.2, 0.25) is 5.91 Å². The van der Waals surface area contributed by atoms with E-state index >= 15 is 0 Å². The highest BCUT2D eigenvalue weighted by Crippen LogP contribution is 2.18. The van der Waals surface area contributed by atoms with Crippen molar-refractivity contribution >= 4 is 27.8 Å². The lowest BCUT2D eigenvalue weighted by Crippen LogP contribution is -2.39. The summed E-state index contributed by atoms with van der Waals surface area (Å²) in [5, 5.41) is 2.65. The molecule has 1 aromatic rings. The maximum Gasteiger partial charge on any atom is 0.333 e. The molecule has 0 fully saturated rings. The van der Waals surface area contributed by atoms with Crippen LogP contribution >= 0.6 is 15.9 Å². The number of nitrogens with one attached hydrogen (secondary N) is 1. The molecule has 3 N–H and O–H groups in total. The van der Waals surface area contributed by atoms with Crippen LogP contribution in [0.5, 0.6) is 0 Å². The first-order valence-corrected chi connectivity index (χ1v) is 6.62. The van der Waals surface area contributed by atoms with Gasteiger partial charge >= 0.3 is 5.97 Å². The predicted octanol–water partition coefficient (Wildman–Crippen LogP) is 1.37. The minimum Gasteiger partial charge on any atom is -0.467 e. The molecule has 2 atom stereocenters. The van der Waals surface area contributed by atoms with Gasteiger partial charge in [0, 0.05) is 16.9 Å². The smallest absolute Gasteiger partial charge is 0.333 e. The van der Waals surface area contributed by atoms with Crippen LogP contribution < -0.4 is 11.1 Å². The average Bonchev–Trinajstić information content (AvgIpc) is 2.43. The van der Waals surface area contributed by atoms with E-state index in [2.05, 4.69) is 21.2 Å². The molecule has 6 heteroatoms. The van der Waals surface area contributed by atoms with Crippen molar-refractivity contribution in [1.82, 2.24) is 5.32 Å². The van der Waals surface area contributed by atoms with Gasteiger partial charge in [-0.1, -0.05) is 35.0 Å². The van der Waals surface area contributed by atoms with Gasteiger partial charge in [-0.3, -0.25) is 4.79 Å². The van der Waals surface area contributed by atoms with Crippen molar-refractivity contribution in [1.29, 1.82) is 0 Å². The number of hydrogen-bond acceptors (Lipinski definition) is 4. The summed E-state index contributed by atoms with van der Waals surface area (Å²) in [4.78, 5) is 23.6. The second-order valence-corrected chi connectivity index (χ2v) is 5.07. The van der Waals surface area contributed by atoms with Crippen molar-refractivity contribution in [3.63, 3.8) is 0 Å². The summed E-state index contributed by atoms with van der Waals surface area (Å²) in [5.41, 5.74) is 6.09. The number of rotatable bonds is 5. The molecule has 1 aromatic carbocycles. The third-order valence-electron chi connectivity index (χ3n) is 2.73. The number of hydrogen-bond donors (Lipinski definition) is 2. The maximum absolute atomic E-state index is 11.8. The van der Waals surface area contributed by atoms with E-state index < -0.39 is 12.0 Å². The predicted molar refractivity (Wildman–Crippen MR) is 75.3 cm³/mol. The van der Waals surface area contributed by atoms with E-state index in [1.165, 1.54) is 7.11 Å². The monoisotopic (exact) mass is 328 g/mol. The molecule has 0 aliphatic rings. The van der Waals surface area contributed by atoms with Gasteiger partial charge in [0.15, 0.2) is 6.04 Å². The van der Waals surface area contributed by atoms with Crippen LogP contribution in [0, 0.1) is 5.92 Å². The largest absolute Gasteiger partial charge is 0.467 e. The quantitative estimate of drug-likeness (QED) is 0.800. The van der Waals surface area contributed by atoms with Gasteiger partial charge in [-0.15, -0.1) is 0 Å². The minimum atomic E-state index is -0.820. The van der Waals surface area contributed by atoms with Crippen LogP contribution in [0.3, 0.4) is 0 Å². The number of benzene rings is 1. The molecule has 0 heterocycles. The van der Waals surface area contributed by atoms with Crippen LogP contribution in [0.4, 0.5) is 0 Å². The zero-order chi connectivity index (χ0) is 14.4. The van der Waals surface area contributed by atoms with Gasteiger partial charge in [-0.25, -0.2) is 4.79 Å². The standard InChI is InChI=1S/C13H17BrN2O3/c1-8(7-15)12(17)16-11(13(18)19-2)9-3-5-10(14)6-4-9/h3-6,8,11H,7,15H2,1-2H3,(H,16,17). The highest BCUT2D eigenvalue weighted by molar-refractivity contribution is 9.10. The molecule has 0 saturated carbocycles. The van der Waals surface area contributed by atoms with Crippen LogP contribution in [-0.4, -0.2) is 25.5 Å². The first-order valence-electron chi connectivity index (χ1n) is 5.83. The molecule has 0 bridgehead atoms. The molecule has 0 aliphatic carbocycles. The lowest BCUT2D eigenvalue weighted by atomic mass is 10.1. The van der Waals surface area contributed by atoms with Crippen molar-refractivity contribution in [2.75, 3.05) is 13.7 Å². The van der Waals surface area contributed by atoms with Crippen molar-refractivity contribution in [3.8, 4) is 0 Å². The average molecular weight is 329 g/mol. The number of esters is 1. The Balaban J connectivity index is 2.92. The number of methoxy groups -OCH3 is 1. The molecule has 19 heavy (non-hydrogen) atoms. The van der Waals surface area contributed by atoms with E-state index in [4.69, 9.17) is 10.5 Å². The second kappa shape index (κ2) is 7.25. The Morgan fingerprint density at radius 1 is 1.37 bits per heavy atom. The van der Waals surface area contributed by atoms with Crippen LogP contribution in [0.15, 0.2) is 28.7 Å². The molecule has 0 spiro atoms. The van der Waals surface area contributed by atoms with Gasteiger partial charge in [0.05, 0.1) is 7.11 Å². The fraction of sp³-hybridized carbons (Fsp3) is 0.385. The molecule has 5 nitrogen and oxygen atoms in total. The summed E-state index contributed by atoms with van der Waals surface area (Å²) in [6.45, 7) is 1.92. The molecule has 1 amide bonds. The topological polar surface area (TPSA) is 81.4 Å². The van der Waals surface area contributed by atoms with E-state index in [1.54, 1.807) is 31.2 Å². The molecule has 104 valence electrons. The molecule has 0 aromatic heterocycles. The van der Waals surface area contributed by atoms with Crippen LogP contribution in [0.25, 0.3) is 0 Å². The Morgan fingerprint density at radius 3 is 2.42 bits per heavy atom. The van der Waals surface area contributed by atoms with E-state index in [9.17, 15) is 9.59 Å². The number of carbonyl (C=O) groups is 2. The molecule has 0 saturated heterocycles. The summed E-state index contributed by atoms with van der Waals surface area (Å²) in [5.74, 6) is -1.15. The Morgan fingerprint density at radius 2 is 1.95 bits per heavy atom. The van der Waals surface area contributed by atoms with Crippen molar-refractivity contribution in [2.24, 2.45) is 11.7 Å². The maximum atomic E-state index is 11.8. The first-order chi connectivity index (χ1) is 8.99. The minimum absolute atomic E-state index is 0.222. The van der Waals surface area contributed by atoms with Gasteiger partial charge in [0.1, 0.15) is 0 Å². The Kier molecular flexibility index (Phi) is 5.98. The van der Waals surface area contributed by atoms with Crippen LogP contribution in [0.2, 0.25) is 0 Å². The van der Waals surface area contributed by atoms with Crippen molar-refractivity contribution in [2.45, 2.75) is 13.0 Å². The molecule has 1 rings (SSSR count). The van der Waals surface area contributed by atoms with Crippen molar-refractivity contribution in [3.05, 3.63) is 34.3 Å². The van der Waals surface area contributed by atoms with Gasteiger partial charge in [-0.05, 0) is 17.7 Å². The zero-order valence-electron chi connectivity index (χ0n) is 10.9. The second-order valence-electron chi connectivity index (χ2n) is 4.15. The van der Waals surface area contributed by atoms with Gasteiger partial charge in [-0.2, -0.15) is 0 Å². The lowest BCUT2D eigenvalue weighted by molar-refractivity contribution is -0.145. The molecular formula is C13H17BrN2O3. The van der Waals surface area contributed by atoms with E-state index in [0.717, 1.165) is 4.47 Å². The zero-order valence-corrected chi connectivity index (χ0v) is 12.4. The third kappa shape index (κ3) is 4.33. The molecule has 0 radical (unpaired) electrons. The highest BCUT2D eigenvalue weighted by Gasteiger charge is 2.25. The van der Waals surface area contributed by atoms with Crippen LogP contribution in [-0.2, 0) is 14.3 Å². The number of ether oxygens (including phenoxy) is 1. The molecule has 0 aliphatic heterocycles. The van der Waals surface area contributed by atoms with E-state index in [1.807, 2.05) is 0 Å². The number of carbonyl (C=O) groups excluding carboxylic acids is 2. The highest BCUT2D eigenvalue weighted by atomic mass is 79.9. The number of nitrogens with two attached hydrogens (primary N) is 1. The summed E-state index contributed by atoms with van der Waals surface area (Å²) in [6.07, 6.45) is 0. The van der Waals surface area contributed by atoms with E-state index in [0.29, 0.717) is 5.56 Å². The number of amides is 1. The molecule has 2 unspecified atom stereocenters. The summed E-state index contributed by atoms with van der Waals surface area (Å²) in [7, 11) is 1.28.